The summed E-state index contributed by atoms with van der Waals surface area (Å²) in [6, 6.07) is 0. The number of ketones is 3. The molecule has 0 aromatic heterocycles. The van der Waals surface area contributed by atoms with Gasteiger partial charge < -0.3 is 15.3 Å². The van der Waals surface area contributed by atoms with Gasteiger partial charge in [0.15, 0.2) is 0 Å². The molecule has 0 spiro atoms. The Labute approximate surface area is 347 Å². The minimum Gasteiger partial charge on any atom is -0.875 e. The maximum atomic E-state index is 12.8. The van der Waals surface area contributed by atoms with Gasteiger partial charge in [-0.15, -0.1) is 17.3 Å². The molecule has 6 nitrogen and oxygen atoms in total. The van der Waals surface area contributed by atoms with Gasteiger partial charge in [-0.1, -0.05) is 62.3 Å². The van der Waals surface area contributed by atoms with Gasteiger partial charge in [0.05, 0.1) is 0 Å². The van der Waals surface area contributed by atoms with Crippen LogP contribution in [0.5, 0.6) is 0 Å². The van der Waals surface area contributed by atoms with E-state index in [-0.39, 0.29) is 41.3 Å². The van der Waals surface area contributed by atoms with E-state index in [0.29, 0.717) is 0 Å². The van der Waals surface area contributed by atoms with E-state index in [1.165, 1.54) is 62.3 Å². The Morgan fingerprint density at radius 2 is 0.448 bits per heavy atom. The Hall–Kier alpha value is -2.48. The molecule has 0 atom stereocenters. The smallest absolute Gasteiger partial charge is 0.875 e. The number of alkyl halides is 21. The Morgan fingerprint density at radius 1 is 0.328 bits per heavy atom. The van der Waals surface area contributed by atoms with Gasteiger partial charge in [0.25, 0.3) is 0 Å². The first-order chi connectivity index (χ1) is 24.1. The summed E-state index contributed by atoms with van der Waals surface area (Å²) in [5.74, 6) is -50.2. The maximum Gasteiger partial charge on any atom is 3.00 e. The first kappa shape index (κ1) is 62.2. The van der Waals surface area contributed by atoms with E-state index in [0.717, 1.165) is 0 Å². The Morgan fingerprint density at radius 3 is 0.534 bits per heavy atom. The monoisotopic (exact) mass is 1030 g/mol. The van der Waals surface area contributed by atoms with Crippen molar-refractivity contribution >= 4 is 17.3 Å². The van der Waals surface area contributed by atoms with Gasteiger partial charge in [0, 0.05) is 0 Å². The van der Waals surface area contributed by atoms with Gasteiger partial charge in [-0.2, -0.15) is 92.2 Å². The van der Waals surface area contributed by atoms with E-state index in [1.54, 1.807) is 0 Å². The zero-order chi connectivity index (χ0) is 47.6. The molecule has 0 aliphatic rings. The molecular formula is C30H30F21O6Pr. The molecule has 0 aliphatic carbocycles. The van der Waals surface area contributed by atoms with Gasteiger partial charge in [-0.3, -0.25) is 14.4 Å². The molecule has 0 unspecified atom stereocenters. The minimum absolute atomic E-state index is 0. The van der Waals surface area contributed by atoms with Crippen LogP contribution in [0.25, 0.3) is 0 Å². The summed E-state index contributed by atoms with van der Waals surface area (Å²) in [6.07, 6.45) is -21.1. The van der Waals surface area contributed by atoms with Gasteiger partial charge in [0.2, 0.25) is 17.3 Å². The fraction of sp³-hybridized carbons (Fsp3) is 0.700. The predicted octanol–water partition coefficient (Wildman–Crippen LogP) is 8.04. The van der Waals surface area contributed by atoms with Crippen molar-refractivity contribution in [1.82, 2.24) is 0 Å². The minimum atomic E-state index is -6.61. The zero-order valence-electron chi connectivity index (χ0n) is 30.7. The van der Waals surface area contributed by atoms with E-state index in [4.69, 9.17) is 0 Å². The van der Waals surface area contributed by atoms with Crippen LogP contribution in [0.4, 0.5) is 92.2 Å². The predicted molar refractivity (Wildman–Crippen MR) is 145 cm³/mol. The van der Waals surface area contributed by atoms with Gasteiger partial charge in [-0.05, 0) is 34.5 Å². The van der Waals surface area contributed by atoms with Crippen LogP contribution in [0.15, 0.2) is 35.5 Å². The normalized spacial score (nSPS) is 15.3. The summed E-state index contributed by atoms with van der Waals surface area (Å²) in [5.41, 5.74) is -4.09. The van der Waals surface area contributed by atoms with Crippen LogP contribution < -0.4 is 15.3 Å². The average molecular weight is 1030 g/mol. The van der Waals surface area contributed by atoms with Gasteiger partial charge >= 0.3 is 95.4 Å². The quantitative estimate of drug-likeness (QED) is 0.131. The third-order valence-electron chi connectivity index (χ3n) is 6.18. The van der Waals surface area contributed by atoms with Crippen LogP contribution in [-0.2, 0) is 14.4 Å². The molecule has 0 radical (unpaired) electrons. The third kappa shape index (κ3) is 14.9. The van der Waals surface area contributed by atoms with Crippen molar-refractivity contribution < 1.29 is 163 Å². The molecular weight excluding hydrogens is 996 g/mol. The average Bonchev–Trinajstić information content (AvgIpc) is 2.93. The molecule has 58 heavy (non-hydrogen) atoms. The number of rotatable bonds is 9. The van der Waals surface area contributed by atoms with E-state index in [9.17, 15) is 122 Å². The molecule has 0 aromatic carbocycles. The van der Waals surface area contributed by atoms with Gasteiger partial charge in [-0.25, -0.2) is 0 Å². The molecule has 0 saturated heterocycles. The fourth-order valence-electron chi connectivity index (χ4n) is 2.28. The SMILES string of the molecule is CC(C)(C)C([O-])=CC(=O)C(F)(F)C(F)(F)C(F)(F)F.CC(C)(C)C([O-])=CC(=O)C(F)(F)C(F)(F)C(F)(F)F.CC(C)(C)C([O-])=CC(=O)C(F)(F)C(F)(F)C(F)(F)F.[Pr+3]. The molecule has 0 aromatic rings. The summed E-state index contributed by atoms with van der Waals surface area (Å²) in [6.45, 7) is 10.6. The molecule has 336 valence electrons. The first-order valence-electron chi connectivity index (χ1n) is 14.4. The summed E-state index contributed by atoms with van der Waals surface area (Å²) < 4.78 is 258. The van der Waals surface area contributed by atoms with Gasteiger partial charge in [0.1, 0.15) is 0 Å². The maximum absolute atomic E-state index is 12.8. The molecule has 28 heteroatoms. The van der Waals surface area contributed by atoms with E-state index in [2.05, 4.69) is 0 Å². The summed E-state index contributed by atoms with van der Waals surface area (Å²) >= 11 is 0. The second kappa shape index (κ2) is 19.1. The van der Waals surface area contributed by atoms with E-state index < -0.39 is 123 Å². The van der Waals surface area contributed by atoms with Crippen LogP contribution in [0, 0.1) is 57.5 Å². The largest absolute Gasteiger partial charge is 3.00 e. The number of carbonyl (C=O) groups excluding carboxylic acids is 3. The third-order valence-corrected chi connectivity index (χ3v) is 6.18. The summed E-state index contributed by atoms with van der Waals surface area (Å²) in [7, 11) is 0. The van der Waals surface area contributed by atoms with Crippen LogP contribution in [0.1, 0.15) is 62.3 Å². The molecule has 0 rings (SSSR count). The zero-order valence-corrected chi connectivity index (χ0v) is 34.4. The second-order valence-electron chi connectivity index (χ2n) is 14.3. The van der Waals surface area contributed by atoms with Crippen molar-refractivity contribution in [3.05, 3.63) is 35.5 Å². The van der Waals surface area contributed by atoms with E-state index >= 15 is 0 Å². The van der Waals surface area contributed by atoms with Crippen molar-refractivity contribution in [3.8, 4) is 0 Å². The number of hydrogen-bond acceptors (Lipinski definition) is 6. The molecule has 0 bridgehead atoms. The summed E-state index contributed by atoms with van der Waals surface area (Å²) in [5, 5.41) is 33.5. The molecule has 0 heterocycles. The van der Waals surface area contributed by atoms with Crippen molar-refractivity contribution in [2.75, 3.05) is 0 Å². The van der Waals surface area contributed by atoms with Crippen molar-refractivity contribution in [2.24, 2.45) is 16.2 Å². The topological polar surface area (TPSA) is 120 Å². The van der Waals surface area contributed by atoms with Crippen LogP contribution in [-0.4, -0.2) is 71.4 Å². The van der Waals surface area contributed by atoms with Crippen LogP contribution in [0.2, 0.25) is 0 Å². The number of hydrogen-bond donors (Lipinski definition) is 0. The van der Waals surface area contributed by atoms with Crippen molar-refractivity contribution in [2.45, 2.75) is 116 Å². The van der Waals surface area contributed by atoms with Crippen LogP contribution >= 0.6 is 0 Å². The Balaban J connectivity index is -0.000000374. The van der Waals surface area contributed by atoms with Crippen molar-refractivity contribution in [1.29, 1.82) is 0 Å². The Bertz CT molecular complexity index is 1350. The second-order valence-corrected chi connectivity index (χ2v) is 14.3. The molecule has 0 N–H and O–H groups in total. The summed E-state index contributed by atoms with van der Waals surface area (Å²) in [4.78, 5) is 32.4. The number of carbonyl (C=O) groups is 3. The molecule has 0 saturated carbocycles. The standard InChI is InChI=1S/3C10H11F7O2.Pr/c3*1-7(2,3)5(18)4-6(19)8(11,12)9(13,14)10(15,16)17;/h3*4,18H,1-3H3;/q;;;+3/p-3. The van der Waals surface area contributed by atoms with Crippen LogP contribution in [0.3, 0.4) is 0 Å². The molecule has 0 aliphatic heterocycles. The Kier molecular flexibility index (Phi) is 20.4. The first-order valence-corrected chi connectivity index (χ1v) is 14.4. The molecule has 0 fully saturated rings. The fourth-order valence-corrected chi connectivity index (χ4v) is 2.28. The number of halogens is 21. The van der Waals surface area contributed by atoms with E-state index in [1.807, 2.05) is 0 Å². The van der Waals surface area contributed by atoms with Crippen molar-refractivity contribution in [3.63, 3.8) is 0 Å². The molecule has 0 amide bonds. The number of allylic oxidation sites excluding steroid dienone is 6.